The van der Waals surface area contributed by atoms with Crippen LogP contribution in [0.5, 0.6) is 5.75 Å². The lowest BCUT2D eigenvalue weighted by atomic mass is 9.87. The van der Waals surface area contributed by atoms with Gasteiger partial charge in [-0.25, -0.2) is 4.79 Å². The summed E-state index contributed by atoms with van der Waals surface area (Å²) in [6, 6.07) is 4.61. The first-order valence-electron chi connectivity index (χ1n) is 8.66. The molecule has 1 spiro atoms. The topological polar surface area (TPSA) is 87.7 Å². The van der Waals surface area contributed by atoms with Crippen LogP contribution in [0.15, 0.2) is 18.2 Å². The van der Waals surface area contributed by atoms with Gasteiger partial charge < -0.3 is 15.0 Å². The normalized spacial score (nSPS) is 19.3. The van der Waals surface area contributed by atoms with Crippen molar-refractivity contribution in [3.05, 3.63) is 28.8 Å². The van der Waals surface area contributed by atoms with Crippen LogP contribution in [0, 0.1) is 0 Å². The third-order valence-corrected chi connectivity index (χ3v) is 5.30. The van der Waals surface area contributed by atoms with Gasteiger partial charge in [-0.1, -0.05) is 11.6 Å². The summed E-state index contributed by atoms with van der Waals surface area (Å²) in [5.41, 5.74) is -0.250. The number of rotatable bonds is 6. The first-order chi connectivity index (χ1) is 12.4. The number of Topliss-reactive ketones (excluding diaryl/α,β-unsaturated/α-hetero) is 1. The predicted molar refractivity (Wildman–Crippen MR) is 96.6 cm³/mol. The minimum atomic E-state index is -0.752. The van der Waals surface area contributed by atoms with Crippen LogP contribution in [0.25, 0.3) is 0 Å². The number of ether oxygens (including phenoxy) is 1. The largest absolute Gasteiger partial charge is 0.496 e. The standard InChI is InChI=1S/C18H22ClN3O4/c1-26-15-5-4-12(19)11-13(15)14(23)3-2-8-22-9-6-18(7-10-22)16(24)20-17(25)21-18/h4-5,11H,2-3,6-10H2,1H3,(H2,20,21,24,25). The number of methoxy groups -OCH3 is 1. The number of piperidine rings is 1. The van der Waals surface area contributed by atoms with Gasteiger partial charge in [-0.3, -0.25) is 14.9 Å². The van der Waals surface area contributed by atoms with Crippen LogP contribution in [0.4, 0.5) is 4.79 Å². The molecule has 1 aromatic rings. The van der Waals surface area contributed by atoms with Crippen LogP contribution < -0.4 is 15.4 Å². The Bertz CT molecular complexity index is 729. The summed E-state index contributed by atoms with van der Waals surface area (Å²) >= 11 is 5.98. The number of urea groups is 1. The highest BCUT2D eigenvalue weighted by atomic mass is 35.5. The highest BCUT2D eigenvalue weighted by Gasteiger charge is 2.47. The third-order valence-electron chi connectivity index (χ3n) is 5.06. The third kappa shape index (κ3) is 3.83. The molecule has 1 aromatic carbocycles. The van der Waals surface area contributed by atoms with Crippen LogP contribution in [0.2, 0.25) is 5.02 Å². The average Bonchev–Trinajstić information content (AvgIpc) is 2.89. The number of benzene rings is 1. The summed E-state index contributed by atoms with van der Waals surface area (Å²) in [6.07, 6.45) is 2.27. The molecule has 2 aliphatic heterocycles. The number of likely N-dealkylation sites (tertiary alicyclic amines) is 1. The first kappa shape index (κ1) is 18.7. The van der Waals surface area contributed by atoms with Crippen molar-refractivity contribution in [2.45, 2.75) is 31.2 Å². The number of imide groups is 1. The van der Waals surface area contributed by atoms with E-state index in [1.807, 2.05) is 0 Å². The predicted octanol–water partition coefficient (Wildman–Crippen LogP) is 1.99. The molecule has 0 aliphatic carbocycles. The highest BCUT2D eigenvalue weighted by Crippen LogP contribution is 2.27. The summed E-state index contributed by atoms with van der Waals surface area (Å²) in [4.78, 5) is 37.9. The number of carbonyl (C=O) groups excluding carboxylic acids is 3. The molecule has 0 aromatic heterocycles. The molecule has 2 N–H and O–H groups in total. The second-order valence-electron chi connectivity index (χ2n) is 6.70. The van der Waals surface area contributed by atoms with E-state index >= 15 is 0 Å². The van der Waals surface area contributed by atoms with E-state index in [9.17, 15) is 14.4 Å². The van der Waals surface area contributed by atoms with Gasteiger partial charge >= 0.3 is 6.03 Å². The van der Waals surface area contributed by atoms with E-state index in [0.29, 0.717) is 55.1 Å². The van der Waals surface area contributed by atoms with E-state index in [-0.39, 0.29) is 11.7 Å². The molecular formula is C18H22ClN3O4. The average molecular weight is 380 g/mol. The van der Waals surface area contributed by atoms with Gasteiger partial charge in [-0.15, -0.1) is 0 Å². The lowest BCUT2D eigenvalue weighted by Crippen LogP contribution is -2.54. The van der Waals surface area contributed by atoms with E-state index in [0.717, 1.165) is 6.54 Å². The van der Waals surface area contributed by atoms with Crippen molar-refractivity contribution in [2.75, 3.05) is 26.7 Å². The molecular weight excluding hydrogens is 358 g/mol. The van der Waals surface area contributed by atoms with Crippen molar-refractivity contribution in [3.63, 3.8) is 0 Å². The number of nitrogens with zero attached hydrogens (tertiary/aromatic N) is 1. The molecule has 26 heavy (non-hydrogen) atoms. The SMILES string of the molecule is COc1ccc(Cl)cc1C(=O)CCCN1CCC2(CC1)NC(=O)NC2=O. The molecule has 2 saturated heterocycles. The molecule has 2 fully saturated rings. The number of ketones is 1. The van der Waals surface area contributed by atoms with Gasteiger partial charge in [-0.2, -0.15) is 0 Å². The summed E-state index contributed by atoms with van der Waals surface area (Å²) in [5, 5.41) is 5.56. The Kier molecular flexibility index (Phi) is 5.48. The van der Waals surface area contributed by atoms with Crippen molar-refractivity contribution in [3.8, 4) is 5.75 Å². The van der Waals surface area contributed by atoms with Gasteiger partial charge in [0.1, 0.15) is 11.3 Å². The van der Waals surface area contributed by atoms with Gasteiger partial charge in [-0.05, 0) is 44.0 Å². The minimum Gasteiger partial charge on any atom is -0.496 e. The van der Waals surface area contributed by atoms with E-state index in [1.54, 1.807) is 18.2 Å². The second-order valence-corrected chi connectivity index (χ2v) is 7.14. The molecule has 0 atom stereocenters. The zero-order valence-electron chi connectivity index (χ0n) is 14.6. The van der Waals surface area contributed by atoms with Crippen LogP contribution in [-0.2, 0) is 4.79 Å². The van der Waals surface area contributed by atoms with Crippen LogP contribution >= 0.6 is 11.6 Å². The maximum atomic E-state index is 12.4. The molecule has 0 radical (unpaired) electrons. The fourth-order valence-electron chi connectivity index (χ4n) is 3.53. The number of halogens is 1. The van der Waals surface area contributed by atoms with E-state index < -0.39 is 11.6 Å². The Morgan fingerprint density at radius 2 is 2.04 bits per heavy atom. The lowest BCUT2D eigenvalue weighted by Gasteiger charge is -2.36. The molecule has 0 unspecified atom stereocenters. The molecule has 0 saturated carbocycles. The Labute approximate surface area is 157 Å². The van der Waals surface area contributed by atoms with E-state index in [1.165, 1.54) is 7.11 Å². The number of nitrogens with one attached hydrogen (secondary N) is 2. The molecule has 3 rings (SSSR count). The molecule has 7 nitrogen and oxygen atoms in total. The summed E-state index contributed by atoms with van der Waals surface area (Å²) in [7, 11) is 1.53. The second kappa shape index (κ2) is 7.63. The maximum absolute atomic E-state index is 12.4. The fraction of sp³-hybridized carbons (Fsp3) is 0.500. The van der Waals surface area contributed by atoms with Gasteiger partial charge in [0.15, 0.2) is 5.78 Å². The van der Waals surface area contributed by atoms with Crippen LogP contribution in [0.3, 0.4) is 0 Å². The van der Waals surface area contributed by atoms with Crippen molar-refractivity contribution < 1.29 is 19.1 Å². The molecule has 8 heteroatoms. The van der Waals surface area contributed by atoms with Crippen molar-refractivity contribution in [2.24, 2.45) is 0 Å². The number of hydrogen-bond donors (Lipinski definition) is 2. The smallest absolute Gasteiger partial charge is 0.322 e. The Morgan fingerprint density at radius 1 is 1.31 bits per heavy atom. The molecule has 140 valence electrons. The summed E-state index contributed by atoms with van der Waals surface area (Å²) in [6.45, 7) is 2.19. The monoisotopic (exact) mass is 379 g/mol. The minimum absolute atomic E-state index is 0.000244. The van der Waals surface area contributed by atoms with Crippen LogP contribution in [-0.4, -0.2) is 54.9 Å². The Balaban J connectivity index is 1.48. The molecule has 3 amide bonds. The first-order valence-corrected chi connectivity index (χ1v) is 9.04. The Hall–Kier alpha value is -2.12. The quantitative estimate of drug-likeness (QED) is 0.583. The zero-order chi connectivity index (χ0) is 18.7. The van der Waals surface area contributed by atoms with Gasteiger partial charge in [0.05, 0.1) is 12.7 Å². The number of carbonyl (C=O) groups is 3. The van der Waals surface area contributed by atoms with Gasteiger partial charge in [0.25, 0.3) is 5.91 Å². The van der Waals surface area contributed by atoms with E-state index in [2.05, 4.69) is 15.5 Å². The Morgan fingerprint density at radius 3 is 2.65 bits per heavy atom. The zero-order valence-corrected chi connectivity index (χ0v) is 15.4. The maximum Gasteiger partial charge on any atom is 0.322 e. The van der Waals surface area contributed by atoms with Gasteiger partial charge in [0.2, 0.25) is 0 Å². The summed E-state index contributed by atoms with van der Waals surface area (Å²) < 4.78 is 5.23. The lowest BCUT2D eigenvalue weighted by molar-refractivity contribution is -0.125. The van der Waals surface area contributed by atoms with Crippen molar-refractivity contribution in [1.82, 2.24) is 15.5 Å². The van der Waals surface area contributed by atoms with Crippen molar-refractivity contribution >= 4 is 29.3 Å². The van der Waals surface area contributed by atoms with Crippen molar-refractivity contribution in [1.29, 1.82) is 0 Å². The molecule has 2 aliphatic rings. The fourth-order valence-corrected chi connectivity index (χ4v) is 3.71. The number of amides is 3. The number of hydrogen-bond acceptors (Lipinski definition) is 5. The summed E-state index contributed by atoms with van der Waals surface area (Å²) in [5.74, 6) is 0.299. The van der Waals surface area contributed by atoms with Gasteiger partial charge in [0, 0.05) is 24.5 Å². The highest BCUT2D eigenvalue weighted by molar-refractivity contribution is 6.31. The molecule has 2 heterocycles. The van der Waals surface area contributed by atoms with Crippen LogP contribution in [0.1, 0.15) is 36.0 Å². The molecule has 0 bridgehead atoms. The van der Waals surface area contributed by atoms with E-state index in [4.69, 9.17) is 16.3 Å².